The molecular weight excluding hydrogens is 488 g/mol. The molecule has 0 saturated heterocycles. The van der Waals surface area contributed by atoms with Gasteiger partial charge in [-0.25, -0.2) is 0 Å². The molecule has 0 heterocycles. The van der Waals surface area contributed by atoms with Gasteiger partial charge in [-0.1, -0.05) is 156 Å². The Morgan fingerprint density at radius 1 is 0.417 bits per heavy atom. The number of aliphatic carboxylic acids is 1. The van der Waals surface area contributed by atoms with Crippen molar-refractivity contribution >= 4 is 5.97 Å². The van der Waals surface area contributed by atoms with Crippen LogP contribution in [0, 0.1) is 0 Å². The summed E-state index contributed by atoms with van der Waals surface area (Å²) in [4.78, 5) is 10.2. The molecule has 0 aliphatic rings. The minimum absolute atomic E-state index is 0. The fraction of sp³-hybridized carbons (Fsp3) is 0.967. The van der Waals surface area contributed by atoms with E-state index in [2.05, 4.69) is 6.92 Å². The summed E-state index contributed by atoms with van der Waals surface area (Å²) < 4.78 is 0. The third-order valence-corrected chi connectivity index (χ3v) is 5.48. The number of carboxylic acids is 1. The van der Waals surface area contributed by atoms with E-state index in [-0.39, 0.29) is 48.0 Å². The Kier molecular flexibility index (Phi) is 65.9. The van der Waals surface area contributed by atoms with Crippen molar-refractivity contribution in [2.45, 2.75) is 169 Å². The molecule has 0 amide bonds. The molecule has 0 fully saturated rings. The quantitative estimate of drug-likeness (QED) is 0.132. The second kappa shape index (κ2) is 51.7. The van der Waals surface area contributed by atoms with Gasteiger partial charge in [0.25, 0.3) is 0 Å². The van der Waals surface area contributed by atoms with Gasteiger partial charge in [0.15, 0.2) is 0 Å². The summed E-state index contributed by atoms with van der Waals surface area (Å²) in [5.41, 5.74) is 0. The van der Waals surface area contributed by atoms with Crippen molar-refractivity contribution in [1.82, 2.24) is 0 Å². The van der Waals surface area contributed by atoms with Crippen molar-refractivity contribution in [3.63, 3.8) is 0 Å². The number of carboxylic acid groups (broad SMARTS) is 1. The van der Waals surface area contributed by atoms with Gasteiger partial charge in [0, 0.05) is 5.97 Å². The zero-order chi connectivity index (χ0) is 27.3. The van der Waals surface area contributed by atoms with Gasteiger partial charge in [-0.3, -0.25) is 0 Å². The number of carbonyl (C=O) groups is 1. The molecule has 5 nitrogen and oxygen atoms in total. The standard InChI is InChI=1S/C18H36O2.3C4H9O.Ti/c1-2-3-4-5-6-7-8-9-10-11-12-13-14-15-16-17-18(19)20;3*1-2-3-4-5;/h2-17H2,1H3,(H,19,20);3*2-4H2,1H3;/q;3*-1;+4/p-1. The van der Waals surface area contributed by atoms with E-state index in [1.165, 1.54) is 83.5 Å². The Morgan fingerprint density at radius 2 is 0.639 bits per heavy atom. The van der Waals surface area contributed by atoms with Gasteiger partial charge >= 0.3 is 21.7 Å². The van der Waals surface area contributed by atoms with Gasteiger partial charge in [0.05, 0.1) is 0 Å². The maximum atomic E-state index is 10.2. The summed E-state index contributed by atoms with van der Waals surface area (Å²) in [5.74, 6) is -0.903. The van der Waals surface area contributed by atoms with Crippen LogP contribution < -0.4 is 20.4 Å². The minimum Gasteiger partial charge on any atom is -0.854 e. The number of hydrogen-bond acceptors (Lipinski definition) is 5. The van der Waals surface area contributed by atoms with Crippen LogP contribution in [0.5, 0.6) is 0 Å². The van der Waals surface area contributed by atoms with E-state index in [0.29, 0.717) is 0 Å². The van der Waals surface area contributed by atoms with E-state index < -0.39 is 5.97 Å². The predicted molar refractivity (Wildman–Crippen MR) is 144 cm³/mol. The smallest absolute Gasteiger partial charge is 0.854 e. The first kappa shape index (κ1) is 45.9. The molecule has 0 unspecified atom stereocenters. The van der Waals surface area contributed by atoms with E-state index in [0.717, 1.165) is 51.4 Å². The molecule has 0 bridgehead atoms. The van der Waals surface area contributed by atoms with Crippen molar-refractivity contribution in [2.24, 2.45) is 0 Å². The molecule has 0 aromatic heterocycles. The number of unbranched alkanes of at least 4 members (excludes halogenated alkanes) is 17. The summed E-state index contributed by atoms with van der Waals surface area (Å²) in [6.45, 7) is 8.58. The second-order valence-electron chi connectivity index (χ2n) is 9.24. The summed E-state index contributed by atoms with van der Waals surface area (Å²) in [7, 11) is 0. The van der Waals surface area contributed by atoms with Crippen molar-refractivity contribution in [3.05, 3.63) is 0 Å². The van der Waals surface area contributed by atoms with Crippen LogP contribution in [0.4, 0.5) is 0 Å². The average molecular weight is 551 g/mol. The van der Waals surface area contributed by atoms with Gasteiger partial charge in [0.2, 0.25) is 0 Å². The van der Waals surface area contributed by atoms with Crippen LogP contribution >= 0.6 is 0 Å². The molecule has 0 N–H and O–H groups in total. The normalized spacial score (nSPS) is 9.53. The van der Waals surface area contributed by atoms with Gasteiger partial charge < -0.3 is 25.2 Å². The van der Waals surface area contributed by atoms with E-state index >= 15 is 0 Å². The first-order valence-corrected chi connectivity index (χ1v) is 15.0. The minimum atomic E-state index is -0.903. The number of carbonyl (C=O) groups excluding carboxylic acids is 1. The van der Waals surface area contributed by atoms with Gasteiger partial charge in [-0.15, -0.1) is 19.8 Å². The van der Waals surface area contributed by atoms with Crippen LogP contribution in [-0.2, 0) is 26.5 Å². The summed E-state index contributed by atoms with van der Waals surface area (Å²) in [5, 5.41) is 38.8. The van der Waals surface area contributed by atoms with Crippen LogP contribution in [0.1, 0.15) is 169 Å². The molecule has 0 atom stereocenters. The predicted octanol–water partition coefficient (Wildman–Crippen LogP) is 5.44. The van der Waals surface area contributed by atoms with Crippen molar-refractivity contribution in [3.8, 4) is 0 Å². The van der Waals surface area contributed by atoms with Crippen molar-refractivity contribution < 1.29 is 46.9 Å². The molecule has 0 aromatic carbocycles. The van der Waals surface area contributed by atoms with Crippen molar-refractivity contribution in [2.75, 3.05) is 19.8 Å². The van der Waals surface area contributed by atoms with Crippen LogP contribution in [0.25, 0.3) is 0 Å². The Labute approximate surface area is 241 Å². The summed E-state index contributed by atoms with van der Waals surface area (Å²) >= 11 is 0. The molecule has 0 aromatic rings. The fourth-order valence-corrected chi connectivity index (χ4v) is 3.07. The molecule has 36 heavy (non-hydrogen) atoms. The molecule has 216 valence electrons. The Hall–Kier alpha value is 0.0643. The van der Waals surface area contributed by atoms with E-state index in [9.17, 15) is 25.2 Å². The molecule has 0 aliphatic carbocycles. The first-order valence-electron chi connectivity index (χ1n) is 15.0. The largest absolute Gasteiger partial charge is 4.00 e. The molecular formula is C30H62O5Ti. The third kappa shape index (κ3) is 70.0. The maximum absolute atomic E-state index is 10.2. The van der Waals surface area contributed by atoms with E-state index in [1.54, 1.807) is 0 Å². The average Bonchev–Trinajstić information content (AvgIpc) is 2.84. The van der Waals surface area contributed by atoms with E-state index in [4.69, 9.17) is 0 Å². The summed E-state index contributed by atoms with van der Waals surface area (Å²) in [6.07, 6.45) is 25.5. The van der Waals surface area contributed by atoms with Crippen LogP contribution in [-0.4, -0.2) is 25.8 Å². The topological polar surface area (TPSA) is 109 Å². The first-order chi connectivity index (χ1) is 17.0. The number of hydrogen-bond donors (Lipinski definition) is 0. The second-order valence-corrected chi connectivity index (χ2v) is 9.24. The Balaban J connectivity index is -0.000000163. The van der Waals surface area contributed by atoms with Crippen LogP contribution in [0.3, 0.4) is 0 Å². The Morgan fingerprint density at radius 3 is 0.806 bits per heavy atom. The van der Waals surface area contributed by atoms with Gasteiger partial charge in [-0.2, -0.15) is 0 Å². The van der Waals surface area contributed by atoms with Gasteiger partial charge in [0.1, 0.15) is 0 Å². The van der Waals surface area contributed by atoms with E-state index in [1.807, 2.05) is 20.8 Å². The van der Waals surface area contributed by atoms with Crippen LogP contribution in [0.2, 0.25) is 0 Å². The molecule has 0 spiro atoms. The molecule has 6 heteroatoms. The monoisotopic (exact) mass is 550 g/mol. The van der Waals surface area contributed by atoms with Crippen molar-refractivity contribution in [1.29, 1.82) is 0 Å². The van der Waals surface area contributed by atoms with Crippen LogP contribution in [0.15, 0.2) is 0 Å². The Bertz CT molecular complexity index is 310. The zero-order valence-electron chi connectivity index (χ0n) is 24.7. The SMILES string of the molecule is CCCCCCCCCCCCCCCCCC(=O)[O-].CCCC[O-].CCCC[O-].CCCC[O-].[Ti+4]. The molecule has 0 radical (unpaired) electrons. The molecule has 0 rings (SSSR count). The third-order valence-electron chi connectivity index (χ3n) is 5.48. The summed E-state index contributed by atoms with van der Waals surface area (Å²) in [6, 6.07) is 0. The zero-order valence-corrected chi connectivity index (χ0v) is 26.3. The fourth-order valence-electron chi connectivity index (χ4n) is 3.07. The number of rotatable bonds is 22. The maximum Gasteiger partial charge on any atom is 4.00 e. The molecule has 0 saturated carbocycles. The van der Waals surface area contributed by atoms with Gasteiger partial charge in [-0.05, 0) is 12.8 Å². The molecule has 0 aliphatic heterocycles.